The van der Waals surface area contributed by atoms with Crippen LogP contribution in [0.15, 0.2) is 36.4 Å². The Labute approximate surface area is 165 Å². The Morgan fingerprint density at radius 2 is 1.67 bits per heavy atom. The molecule has 1 atom stereocenters. The molecule has 27 heavy (non-hydrogen) atoms. The quantitative estimate of drug-likeness (QED) is 0.526. The summed E-state index contributed by atoms with van der Waals surface area (Å²) < 4.78 is 29.6. The summed E-state index contributed by atoms with van der Waals surface area (Å²) in [5.41, 5.74) is 2.17. The lowest BCUT2D eigenvalue weighted by molar-refractivity contribution is 0.166. The molecule has 146 valence electrons. The van der Waals surface area contributed by atoms with Crippen LogP contribution in [0.2, 0.25) is 0 Å². The zero-order valence-electron chi connectivity index (χ0n) is 15.7. The third-order valence-corrected chi connectivity index (χ3v) is 6.22. The maximum absolute atomic E-state index is 14.8. The highest BCUT2D eigenvalue weighted by molar-refractivity contribution is 6.18. The van der Waals surface area contributed by atoms with Gasteiger partial charge in [0.05, 0.1) is 6.10 Å². The van der Waals surface area contributed by atoms with Crippen LogP contribution in [0.4, 0.5) is 8.78 Å². The minimum absolute atomic E-state index is 0.0691. The van der Waals surface area contributed by atoms with Crippen molar-refractivity contribution in [2.24, 2.45) is 5.92 Å². The third-order valence-electron chi connectivity index (χ3n) is 5.79. The topological polar surface area (TPSA) is 20.2 Å². The highest BCUT2D eigenvalue weighted by Gasteiger charge is 2.26. The fraction of sp³-hybridized carbons (Fsp3) is 0.478. The van der Waals surface area contributed by atoms with Gasteiger partial charge in [-0.3, -0.25) is 0 Å². The number of aliphatic hydroxyl groups is 1. The monoisotopic (exact) mass is 392 g/mol. The van der Waals surface area contributed by atoms with Crippen molar-refractivity contribution in [2.75, 3.05) is 5.88 Å². The number of halogens is 3. The molecule has 1 aliphatic rings. The lowest BCUT2D eigenvalue weighted by atomic mass is 9.79. The second kappa shape index (κ2) is 9.16. The molecule has 0 amide bonds. The van der Waals surface area contributed by atoms with Gasteiger partial charge in [-0.25, -0.2) is 8.78 Å². The predicted octanol–water partition coefficient (Wildman–Crippen LogP) is 6.98. The molecular weight excluding hydrogens is 366 g/mol. The summed E-state index contributed by atoms with van der Waals surface area (Å²) in [7, 11) is 0. The molecule has 0 radical (unpaired) electrons. The second-order valence-electron chi connectivity index (χ2n) is 7.63. The van der Waals surface area contributed by atoms with Crippen LogP contribution < -0.4 is 0 Å². The molecule has 1 N–H and O–H groups in total. The van der Waals surface area contributed by atoms with Gasteiger partial charge in [0.2, 0.25) is 0 Å². The largest absolute Gasteiger partial charge is 0.388 e. The lowest BCUT2D eigenvalue weighted by Crippen LogP contribution is -2.15. The first-order chi connectivity index (χ1) is 13.0. The van der Waals surface area contributed by atoms with Gasteiger partial charge >= 0.3 is 0 Å². The molecule has 0 saturated heterocycles. The highest BCUT2D eigenvalue weighted by atomic mass is 35.5. The molecule has 0 spiro atoms. The van der Waals surface area contributed by atoms with Crippen LogP contribution >= 0.6 is 11.6 Å². The van der Waals surface area contributed by atoms with E-state index in [4.69, 9.17) is 11.6 Å². The highest BCUT2D eigenvalue weighted by Crippen LogP contribution is 2.39. The van der Waals surface area contributed by atoms with Crippen LogP contribution in [0, 0.1) is 17.6 Å². The van der Waals surface area contributed by atoms with Crippen LogP contribution in [0.25, 0.3) is 11.1 Å². The third kappa shape index (κ3) is 4.52. The fourth-order valence-electron chi connectivity index (χ4n) is 4.06. The zero-order chi connectivity index (χ0) is 19.4. The minimum atomic E-state index is -0.783. The maximum Gasteiger partial charge on any atom is 0.166 e. The summed E-state index contributed by atoms with van der Waals surface area (Å²) in [4.78, 5) is 0. The van der Waals surface area contributed by atoms with E-state index in [-0.39, 0.29) is 11.5 Å². The van der Waals surface area contributed by atoms with Crippen LogP contribution in [0.3, 0.4) is 0 Å². The van der Waals surface area contributed by atoms with Crippen LogP contribution in [-0.2, 0) is 0 Å². The SMILES string of the molecule is CCCC(O)c1ccc(-c2ccc(C3CCC(CCl)CC3)c(F)c2F)cc1. The van der Waals surface area contributed by atoms with E-state index in [1.807, 2.05) is 6.92 Å². The molecule has 2 aromatic carbocycles. The molecule has 3 rings (SSSR count). The lowest BCUT2D eigenvalue weighted by Gasteiger charge is -2.28. The number of rotatable bonds is 6. The first kappa shape index (κ1) is 20.3. The van der Waals surface area contributed by atoms with Gasteiger partial charge in [-0.2, -0.15) is 0 Å². The van der Waals surface area contributed by atoms with Crippen molar-refractivity contribution in [3.8, 4) is 11.1 Å². The average molecular weight is 393 g/mol. The normalized spacial score (nSPS) is 21.2. The first-order valence-corrected chi connectivity index (χ1v) is 10.4. The Morgan fingerprint density at radius 3 is 2.26 bits per heavy atom. The number of alkyl halides is 1. The molecule has 1 nitrogen and oxygen atoms in total. The summed E-state index contributed by atoms with van der Waals surface area (Å²) in [5, 5.41) is 10.1. The molecule has 1 aliphatic carbocycles. The summed E-state index contributed by atoms with van der Waals surface area (Å²) in [6.07, 6.45) is 4.71. The first-order valence-electron chi connectivity index (χ1n) is 9.87. The van der Waals surface area contributed by atoms with E-state index in [2.05, 4.69) is 0 Å². The standard InChI is InChI=1S/C23H27ClF2O/c1-2-3-21(27)18-10-8-17(9-11-18)20-13-12-19(22(25)23(20)26)16-6-4-15(14-24)5-7-16/h8-13,15-16,21,27H,2-7,14H2,1H3. The van der Waals surface area contributed by atoms with Crippen molar-refractivity contribution in [1.82, 2.24) is 0 Å². The van der Waals surface area contributed by atoms with E-state index in [0.29, 0.717) is 29.3 Å². The second-order valence-corrected chi connectivity index (χ2v) is 7.94. The molecule has 4 heteroatoms. The van der Waals surface area contributed by atoms with E-state index in [9.17, 15) is 13.9 Å². The smallest absolute Gasteiger partial charge is 0.166 e. The van der Waals surface area contributed by atoms with Gasteiger partial charge < -0.3 is 5.11 Å². The molecule has 1 fully saturated rings. The van der Waals surface area contributed by atoms with Gasteiger partial charge in [-0.15, -0.1) is 11.6 Å². The van der Waals surface area contributed by atoms with Crippen LogP contribution in [0.5, 0.6) is 0 Å². The van der Waals surface area contributed by atoms with Crippen molar-refractivity contribution in [3.05, 3.63) is 59.2 Å². The molecular formula is C23H27ClF2O. The van der Waals surface area contributed by atoms with Gasteiger partial charge in [-0.1, -0.05) is 49.7 Å². The number of hydrogen-bond acceptors (Lipinski definition) is 1. The molecule has 0 aromatic heterocycles. The van der Waals surface area contributed by atoms with E-state index in [1.165, 1.54) is 0 Å². The summed E-state index contributed by atoms with van der Waals surface area (Å²) in [5.74, 6) is -0.298. The van der Waals surface area contributed by atoms with Crippen molar-refractivity contribution >= 4 is 11.6 Å². The average Bonchev–Trinajstić information content (AvgIpc) is 2.70. The number of aliphatic hydroxyl groups excluding tert-OH is 1. The van der Waals surface area contributed by atoms with Crippen LogP contribution in [0.1, 0.15) is 68.6 Å². The molecule has 2 aromatic rings. The minimum Gasteiger partial charge on any atom is -0.388 e. The number of hydrogen-bond donors (Lipinski definition) is 1. The molecule has 1 unspecified atom stereocenters. The van der Waals surface area contributed by atoms with Crippen molar-refractivity contribution < 1.29 is 13.9 Å². The van der Waals surface area contributed by atoms with Gasteiger partial charge in [0, 0.05) is 11.4 Å². The molecule has 0 bridgehead atoms. The Bertz CT molecular complexity index is 752. The van der Waals surface area contributed by atoms with Crippen LogP contribution in [-0.4, -0.2) is 11.0 Å². The van der Waals surface area contributed by atoms with E-state index < -0.39 is 17.7 Å². The van der Waals surface area contributed by atoms with Gasteiger partial charge in [0.15, 0.2) is 11.6 Å². The molecule has 0 aliphatic heterocycles. The zero-order valence-corrected chi connectivity index (χ0v) is 16.5. The van der Waals surface area contributed by atoms with E-state index in [1.54, 1.807) is 36.4 Å². The molecule has 1 saturated carbocycles. The van der Waals surface area contributed by atoms with Gasteiger partial charge in [-0.05, 0) is 60.6 Å². The van der Waals surface area contributed by atoms with E-state index in [0.717, 1.165) is 37.7 Å². The Kier molecular flexibility index (Phi) is 6.88. The van der Waals surface area contributed by atoms with E-state index >= 15 is 0 Å². The van der Waals surface area contributed by atoms with Crippen molar-refractivity contribution in [3.63, 3.8) is 0 Å². The van der Waals surface area contributed by atoms with Gasteiger partial charge in [0.25, 0.3) is 0 Å². The Morgan fingerprint density at radius 1 is 1.00 bits per heavy atom. The number of benzene rings is 2. The summed E-state index contributed by atoms with van der Waals surface area (Å²) in [6, 6.07) is 10.5. The fourth-order valence-corrected chi connectivity index (χ4v) is 4.36. The molecule has 0 heterocycles. The van der Waals surface area contributed by atoms with Crippen molar-refractivity contribution in [2.45, 2.75) is 57.5 Å². The van der Waals surface area contributed by atoms with Gasteiger partial charge in [0.1, 0.15) is 0 Å². The van der Waals surface area contributed by atoms with Crippen molar-refractivity contribution in [1.29, 1.82) is 0 Å². The Hall–Kier alpha value is -1.45. The Balaban J connectivity index is 1.81. The summed E-state index contributed by atoms with van der Waals surface area (Å²) in [6.45, 7) is 2.01. The predicted molar refractivity (Wildman–Crippen MR) is 107 cm³/mol. The summed E-state index contributed by atoms with van der Waals surface area (Å²) >= 11 is 5.92. The maximum atomic E-state index is 14.8.